The lowest BCUT2D eigenvalue weighted by atomic mass is 10.0. The maximum Gasteiger partial charge on any atom is 0.270 e. The summed E-state index contributed by atoms with van der Waals surface area (Å²) in [5.41, 5.74) is 8.50. The molecule has 0 saturated carbocycles. The van der Waals surface area contributed by atoms with Crippen LogP contribution in [0.3, 0.4) is 0 Å². The number of fused-ring (bicyclic) bond motifs is 2. The van der Waals surface area contributed by atoms with E-state index in [1.165, 1.54) is 17.2 Å². The number of amides is 2. The second kappa shape index (κ2) is 8.82. The van der Waals surface area contributed by atoms with Gasteiger partial charge in [-0.15, -0.1) is 0 Å². The second-order valence-electron chi connectivity index (χ2n) is 8.12. The largest absolute Gasteiger partial charge is 0.289 e. The van der Waals surface area contributed by atoms with Gasteiger partial charge in [-0.25, -0.2) is 9.97 Å². The molecule has 174 valence electrons. The molecule has 0 aliphatic rings. The van der Waals surface area contributed by atoms with Gasteiger partial charge in [0.25, 0.3) is 17.4 Å². The summed E-state index contributed by atoms with van der Waals surface area (Å²) in [5, 5.41) is 4.96. The molecule has 0 radical (unpaired) electrons. The minimum atomic E-state index is -0.581. The van der Waals surface area contributed by atoms with E-state index in [0.29, 0.717) is 33.2 Å². The number of para-hydroxylation sites is 1. The predicted octanol–water partition coefficient (Wildman–Crippen LogP) is 2.11. The lowest BCUT2D eigenvalue weighted by molar-refractivity contribution is -0.122. The molecule has 0 bridgehead atoms. The summed E-state index contributed by atoms with van der Waals surface area (Å²) >= 11 is 0. The molecule has 0 unspecified atom stereocenters. The number of nitrogens with zero attached hydrogens (tertiary/aromatic N) is 5. The fraction of sp³-hybridized carbons (Fsp3) is 0.120. The monoisotopic (exact) mass is 467 g/mol. The van der Waals surface area contributed by atoms with E-state index >= 15 is 0 Å². The molecule has 3 aromatic heterocycles. The molecule has 5 rings (SSSR count). The van der Waals surface area contributed by atoms with Crippen LogP contribution >= 0.6 is 0 Å². The van der Waals surface area contributed by atoms with E-state index in [1.807, 2.05) is 49.4 Å². The van der Waals surface area contributed by atoms with Crippen molar-refractivity contribution in [3.8, 4) is 11.3 Å². The molecule has 0 spiro atoms. The van der Waals surface area contributed by atoms with E-state index in [4.69, 9.17) is 0 Å². The number of rotatable bonds is 4. The van der Waals surface area contributed by atoms with E-state index in [9.17, 15) is 14.4 Å². The first-order valence-electron chi connectivity index (χ1n) is 10.8. The minimum absolute atomic E-state index is 0.304. The minimum Gasteiger partial charge on any atom is -0.289 e. The van der Waals surface area contributed by atoms with Crippen LogP contribution in [0.15, 0.2) is 71.9 Å². The standard InChI is InChI=1S/C25H21N7O3/c1-15-7-9-16(10-8-15)21-11-18(17-5-3-4-6-20(17)28-21)24(34)30-29-22(33)13-32-14-26-23-19(25(32)35)12-27-31(23)2/h3-12,14H,13H2,1-2H3,(H,29,33)(H,30,34). The molecule has 0 saturated heterocycles. The Balaban J connectivity index is 1.37. The van der Waals surface area contributed by atoms with E-state index in [2.05, 4.69) is 25.9 Å². The van der Waals surface area contributed by atoms with Crippen LogP contribution in [0, 0.1) is 6.92 Å². The van der Waals surface area contributed by atoms with Gasteiger partial charge in [-0.05, 0) is 19.1 Å². The van der Waals surface area contributed by atoms with Crippen LogP contribution in [0.5, 0.6) is 0 Å². The first-order valence-corrected chi connectivity index (χ1v) is 10.8. The van der Waals surface area contributed by atoms with Gasteiger partial charge in [0.05, 0.1) is 23.0 Å². The number of aromatic nitrogens is 5. The van der Waals surface area contributed by atoms with Gasteiger partial charge in [0.15, 0.2) is 5.65 Å². The Hall–Kier alpha value is -4.86. The maximum atomic E-state index is 13.1. The van der Waals surface area contributed by atoms with Crippen molar-refractivity contribution >= 4 is 33.8 Å². The Kier molecular flexibility index (Phi) is 5.54. The summed E-state index contributed by atoms with van der Waals surface area (Å²) in [6.45, 7) is 1.68. The SMILES string of the molecule is Cc1ccc(-c2cc(C(=O)NNC(=O)Cn3cnc4c(cnn4C)c3=O)c3ccccc3n2)cc1. The Bertz CT molecular complexity index is 1650. The van der Waals surface area contributed by atoms with Gasteiger partial charge in [0.1, 0.15) is 18.3 Å². The van der Waals surface area contributed by atoms with Crippen LogP contribution < -0.4 is 16.4 Å². The molecule has 0 aliphatic heterocycles. The number of benzene rings is 2. The third kappa shape index (κ3) is 4.24. The molecule has 10 heteroatoms. The maximum absolute atomic E-state index is 13.1. The first kappa shape index (κ1) is 22.0. The van der Waals surface area contributed by atoms with Crippen molar-refractivity contribution in [2.24, 2.45) is 7.05 Å². The molecule has 2 aromatic carbocycles. The first-order chi connectivity index (χ1) is 16.9. The van der Waals surface area contributed by atoms with E-state index in [-0.39, 0.29) is 6.54 Å². The molecule has 0 aliphatic carbocycles. The van der Waals surface area contributed by atoms with Crippen molar-refractivity contribution < 1.29 is 9.59 Å². The molecule has 0 fully saturated rings. The molecular formula is C25H21N7O3. The highest BCUT2D eigenvalue weighted by Gasteiger charge is 2.16. The second-order valence-corrected chi connectivity index (χ2v) is 8.12. The number of carbonyl (C=O) groups excluding carboxylic acids is 2. The van der Waals surface area contributed by atoms with Crippen molar-refractivity contribution in [1.82, 2.24) is 35.2 Å². The normalized spacial score (nSPS) is 11.0. The molecule has 5 aromatic rings. The summed E-state index contributed by atoms with van der Waals surface area (Å²) < 4.78 is 2.63. The van der Waals surface area contributed by atoms with Gasteiger partial charge >= 0.3 is 0 Å². The van der Waals surface area contributed by atoms with Gasteiger partial charge in [-0.2, -0.15) is 5.10 Å². The smallest absolute Gasteiger partial charge is 0.270 e. The summed E-state index contributed by atoms with van der Waals surface area (Å²) in [6.07, 6.45) is 2.68. The Labute approximate surface area is 199 Å². The third-order valence-corrected chi connectivity index (χ3v) is 5.66. The lowest BCUT2D eigenvalue weighted by Crippen LogP contribution is -2.44. The third-order valence-electron chi connectivity index (χ3n) is 5.66. The summed E-state index contributed by atoms with van der Waals surface area (Å²) in [4.78, 5) is 47.0. The lowest BCUT2D eigenvalue weighted by Gasteiger charge is -2.12. The van der Waals surface area contributed by atoms with Crippen molar-refractivity contribution in [2.45, 2.75) is 13.5 Å². The van der Waals surface area contributed by atoms with E-state index < -0.39 is 17.4 Å². The Morgan fingerprint density at radius 3 is 2.57 bits per heavy atom. The van der Waals surface area contributed by atoms with E-state index in [1.54, 1.807) is 19.2 Å². The molecule has 2 N–H and O–H groups in total. The van der Waals surface area contributed by atoms with Crippen LogP contribution in [-0.2, 0) is 18.4 Å². The van der Waals surface area contributed by atoms with Crippen molar-refractivity contribution in [3.63, 3.8) is 0 Å². The number of pyridine rings is 1. The number of carbonyl (C=O) groups is 2. The summed E-state index contributed by atoms with van der Waals surface area (Å²) in [6, 6.07) is 16.8. The summed E-state index contributed by atoms with van der Waals surface area (Å²) in [7, 11) is 1.68. The molecular weight excluding hydrogens is 446 g/mol. The highest BCUT2D eigenvalue weighted by atomic mass is 16.2. The van der Waals surface area contributed by atoms with E-state index in [0.717, 1.165) is 15.7 Å². The van der Waals surface area contributed by atoms with Crippen LogP contribution in [-0.4, -0.2) is 36.1 Å². The average Bonchev–Trinajstić information content (AvgIpc) is 3.25. The average molecular weight is 467 g/mol. The highest BCUT2D eigenvalue weighted by molar-refractivity contribution is 6.07. The van der Waals surface area contributed by atoms with Crippen molar-refractivity contribution in [1.29, 1.82) is 0 Å². The van der Waals surface area contributed by atoms with Crippen LogP contribution in [0.1, 0.15) is 15.9 Å². The van der Waals surface area contributed by atoms with Gasteiger partial charge in [-0.1, -0.05) is 48.0 Å². The van der Waals surface area contributed by atoms with Gasteiger partial charge in [0, 0.05) is 18.0 Å². The number of hydrogen-bond donors (Lipinski definition) is 2. The molecule has 3 heterocycles. The van der Waals surface area contributed by atoms with Gasteiger partial charge < -0.3 is 0 Å². The molecule has 0 atom stereocenters. The highest BCUT2D eigenvalue weighted by Crippen LogP contribution is 2.25. The quantitative estimate of drug-likeness (QED) is 0.390. The van der Waals surface area contributed by atoms with Crippen molar-refractivity contribution in [2.75, 3.05) is 0 Å². The molecule has 35 heavy (non-hydrogen) atoms. The van der Waals surface area contributed by atoms with Gasteiger partial charge in [0.2, 0.25) is 0 Å². The fourth-order valence-corrected chi connectivity index (χ4v) is 3.80. The van der Waals surface area contributed by atoms with Gasteiger partial charge in [-0.3, -0.25) is 34.5 Å². The number of hydrogen-bond acceptors (Lipinski definition) is 6. The molecule has 10 nitrogen and oxygen atoms in total. The van der Waals surface area contributed by atoms with Crippen LogP contribution in [0.2, 0.25) is 0 Å². The number of hydrazine groups is 1. The number of aryl methyl sites for hydroxylation is 2. The topological polar surface area (TPSA) is 124 Å². The fourth-order valence-electron chi connectivity index (χ4n) is 3.80. The predicted molar refractivity (Wildman–Crippen MR) is 130 cm³/mol. The van der Waals surface area contributed by atoms with Crippen LogP contribution in [0.4, 0.5) is 0 Å². The Morgan fingerprint density at radius 2 is 1.77 bits per heavy atom. The van der Waals surface area contributed by atoms with Crippen LogP contribution in [0.25, 0.3) is 33.2 Å². The zero-order valence-electron chi connectivity index (χ0n) is 19.0. The zero-order valence-corrected chi connectivity index (χ0v) is 19.0. The molecule has 2 amide bonds. The number of nitrogens with one attached hydrogen (secondary N) is 2. The zero-order chi connectivity index (χ0) is 24.5. The Morgan fingerprint density at radius 1 is 1.00 bits per heavy atom. The summed E-state index contributed by atoms with van der Waals surface area (Å²) in [5.74, 6) is -1.08. The van der Waals surface area contributed by atoms with Crippen molar-refractivity contribution in [3.05, 3.63) is 88.6 Å².